The van der Waals surface area contributed by atoms with Crippen LogP contribution in [0.2, 0.25) is 0 Å². The van der Waals surface area contributed by atoms with Crippen molar-refractivity contribution in [2.24, 2.45) is 0 Å². The number of aromatic amines is 1. The molecule has 0 atom stereocenters. The second-order valence-electron chi connectivity index (χ2n) is 4.38. The molecule has 7 nitrogen and oxygen atoms in total. The van der Waals surface area contributed by atoms with Crippen molar-refractivity contribution in [2.75, 3.05) is 24.3 Å². The van der Waals surface area contributed by atoms with Crippen LogP contribution in [0.5, 0.6) is 5.75 Å². The maximum Gasteiger partial charge on any atom is 0.226 e. The van der Waals surface area contributed by atoms with Crippen LogP contribution in [0.4, 0.5) is 17.5 Å². The molecule has 0 aliphatic heterocycles. The van der Waals surface area contributed by atoms with Crippen molar-refractivity contribution in [2.45, 2.75) is 6.92 Å². The molecule has 3 aromatic rings. The lowest BCUT2D eigenvalue weighted by Crippen LogP contribution is -2.05. The van der Waals surface area contributed by atoms with Crippen molar-refractivity contribution < 1.29 is 4.74 Å². The summed E-state index contributed by atoms with van der Waals surface area (Å²) in [5, 5.41) is 6.36. The maximum atomic E-state index is 5.22. The average Bonchev–Trinajstić information content (AvgIpc) is 2.96. The minimum Gasteiger partial charge on any atom is -0.497 e. The van der Waals surface area contributed by atoms with E-state index in [2.05, 4.69) is 30.6 Å². The smallest absolute Gasteiger partial charge is 0.226 e. The van der Waals surface area contributed by atoms with Crippen molar-refractivity contribution in [3.05, 3.63) is 30.6 Å². The third kappa shape index (κ3) is 2.71. The van der Waals surface area contributed by atoms with Crippen molar-refractivity contribution in [3.63, 3.8) is 0 Å². The Hall–Kier alpha value is -2.83. The Kier molecular flexibility index (Phi) is 3.55. The first-order valence-electron chi connectivity index (χ1n) is 6.66. The molecule has 0 spiro atoms. The molecule has 0 saturated heterocycles. The number of benzene rings is 1. The number of H-pyrrole nitrogens is 1. The summed E-state index contributed by atoms with van der Waals surface area (Å²) in [5.41, 5.74) is 2.26. The van der Waals surface area contributed by atoms with Crippen LogP contribution in [0.25, 0.3) is 11.2 Å². The van der Waals surface area contributed by atoms with E-state index in [1.807, 2.05) is 31.2 Å². The molecule has 0 aliphatic carbocycles. The van der Waals surface area contributed by atoms with Gasteiger partial charge in [0, 0.05) is 18.3 Å². The number of methoxy groups -OCH3 is 1. The number of fused-ring (bicyclic) bond motifs is 1. The molecule has 3 N–H and O–H groups in total. The van der Waals surface area contributed by atoms with Gasteiger partial charge in [-0.3, -0.25) is 0 Å². The Morgan fingerprint density at radius 3 is 3.00 bits per heavy atom. The highest BCUT2D eigenvalue weighted by atomic mass is 16.5. The van der Waals surface area contributed by atoms with Gasteiger partial charge in [0.15, 0.2) is 11.5 Å². The van der Waals surface area contributed by atoms with E-state index in [0.717, 1.165) is 23.5 Å². The lowest BCUT2D eigenvalue weighted by Gasteiger charge is -2.09. The molecular weight excluding hydrogens is 268 g/mol. The van der Waals surface area contributed by atoms with Gasteiger partial charge in [-0.1, -0.05) is 6.07 Å². The number of rotatable bonds is 5. The van der Waals surface area contributed by atoms with Crippen LogP contribution >= 0.6 is 0 Å². The molecular formula is C14H16N6O. The Morgan fingerprint density at radius 1 is 1.29 bits per heavy atom. The van der Waals surface area contributed by atoms with Crippen LogP contribution in [0.15, 0.2) is 30.6 Å². The molecule has 108 valence electrons. The second-order valence-corrected chi connectivity index (χ2v) is 4.38. The van der Waals surface area contributed by atoms with Gasteiger partial charge >= 0.3 is 0 Å². The van der Waals surface area contributed by atoms with E-state index in [4.69, 9.17) is 4.74 Å². The van der Waals surface area contributed by atoms with Crippen LogP contribution in [0.1, 0.15) is 6.92 Å². The quantitative estimate of drug-likeness (QED) is 0.667. The summed E-state index contributed by atoms with van der Waals surface area (Å²) >= 11 is 0. The zero-order valence-electron chi connectivity index (χ0n) is 11.8. The third-order valence-corrected chi connectivity index (χ3v) is 2.95. The Labute approximate surface area is 121 Å². The van der Waals surface area contributed by atoms with Gasteiger partial charge in [-0.2, -0.15) is 9.97 Å². The van der Waals surface area contributed by atoms with Gasteiger partial charge in [0.2, 0.25) is 5.95 Å². The molecule has 0 aliphatic rings. The first kappa shape index (κ1) is 13.2. The Balaban J connectivity index is 1.99. The van der Waals surface area contributed by atoms with E-state index in [-0.39, 0.29) is 0 Å². The van der Waals surface area contributed by atoms with Crippen LogP contribution < -0.4 is 15.4 Å². The molecule has 0 bridgehead atoms. The van der Waals surface area contributed by atoms with Crippen LogP contribution in [-0.4, -0.2) is 33.6 Å². The SMILES string of the molecule is CCNc1nc(Nc2cccc(OC)c2)c2[nH]cnc2n1. The van der Waals surface area contributed by atoms with Gasteiger partial charge in [-0.15, -0.1) is 0 Å². The van der Waals surface area contributed by atoms with Crippen molar-refractivity contribution in [3.8, 4) is 5.75 Å². The van der Waals surface area contributed by atoms with Crippen molar-refractivity contribution in [1.29, 1.82) is 0 Å². The van der Waals surface area contributed by atoms with Crippen LogP contribution in [0.3, 0.4) is 0 Å². The number of hydrogen-bond donors (Lipinski definition) is 3. The van der Waals surface area contributed by atoms with Crippen molar-refractivity contribution in [1.82, 2.24) is 19.9 Å². The molecule has 0 amide bonds. The van der Waals surface area contributed by atoms with E-state index in [1.165, 1.54) is 0 Å². The summed E-state index contributed by atoms with van der Waals surface area (Å²) in [4.78, 5) is 16.0. The topological polar surface area (TPSA) is 87.8 Å². The van der Waals surface area contributed by atoms with Crippen molar-refractivity contribution >= 4 is 28.6 Å². The van der Waals surface area contributed by atoms with E-state index in [1.54, 1.807) is 13.4 Å². The molecule has 0 radical (unpaired) electrons. The minimum absolute atomic E-state index is 0.544. The average molecular weight is 284 g/mol. The summed E-state index contributed by atoms with van der Waals surface area (Å²) in [5.74, 6) is 1.99. The molecule has 7 heteroatoms. The van der Waals surface area contributed by atoms with E-state index < -0.39 is 0 Å². The zero-order chi connectivity index (χ0) is 14.7. The molecule has 3 rings (SSSR count). The first-order valence-corrected chi connectivity index (χ1v) is 6.66. The van der Waals surface area contributed by atoms with E-state index >= 15 is 0 Å². The molecule has 0 unspecified atom stereocenters. The summed E-state index contributed by atoms with van der Waals surface area (Å²) in [7, 11) is 1.64. The highest BCUT2D eigenvalue weighted by Gasteiger charge is 2.10. The van der Waals surface area contributed by atoms with Gasteiger partial charge < -0.3 is 20.4 Å². The lowest BCUT2D eigenvalue weighted by atomic mass is 10.3. The Bertz CT molecular complexity index is 754. The maximum absolute atomic E-state index is 5.22. The van der Waals surface area contributed by atoms with Gasteiger partial charge in [0.05, 0.1) is 13.4 Å². The number of imidazole rings is 1. The number of ether oxygens (including phenoxy) is 1. The monoisotopic (exact) mass is 284 g/mol. The number of nitrogens with one attached hydrogen (secondary N) is 3. The predicted octanol–water partition coefficient (Wildman–Crippen LogP) is 2.54. The second kappa shape index (κ2) is 5.66. The zero-order valence-corrected chi connectivity index (χ0v) is 11.8. The summed E-state index contributed by atoms with van der Waals surface area (Å²) in [6, 6.07) is 7.65. The minimum atomic E-state index is 0.544. The van der Waals surface area contributed by atoms with Gasteiger partial charge in [0.25, 0.3) is 0 Å². The molecule has 0 fully saturated rings. The number of aromatic nitrogens is 4. The van der Waals surface area contributed by atoms with Gasteiger partial charge in [-0.25, -0.2) is 4.98 Å². The van der Waals surface area contributed by atoms with Gasteiger partial charge in [0.1, 0.15) is 11.3 Å². The fraction of sp³-hybridized carbons (Fsp3) is 0.214. The molecule has 1 aromatic carbocycles. The van der Waals surface area contributed by atoms with E-state index in [9.17, 15) is 0 Å². The van der Waals surface area contributed by atoms with Crippen LogP contribution in [-0.2, 0) is 0 Å². The summed E-state index contributed by atoms with van der Waals surface area (Å²) in [6.45, 7) is 2.74. The largest absolute Gasteiger partial charge is 0.497 e. The van der Waals surface area contributed by atoms with E-state index in [0.29, 0.717) is 17.4 Å². The van der Waals surface area contributed by atoms with Gasteiger partial charge in [-0.05, 0) is 19.1 Å². The lowest BCUT2D eigenvalue weighted by molar-refractivity contribution is 0.415. The highest BCUT2D eigenvalue weighted by molar-refractivity contribution is 5.86. The molecule has 2 heterocycles. The molecule has 21 heavy (non-hydrogen) atoms. The summed E-state index contributed by atoms with van der Waals surface area (Å²) in [6.07, 6.45) is 1.60. The molecule has 2 aromatic heterocycles. The highest BCUT2D eigenvalue weighted by Crippen LogP contribution is 2.24. The normalized spacial score (nSPS) is 10.6. The fourth-order valence-corrected chi connectivity index (χ4v) is 2.00. The standard InChI is InChI=1S/C14H16N6O/c1-3-15-14-19-12-11(16-8-17-12)13(20-14)18-9-5-4-6-10(7-9)21-2/h4-8H,3H2,1-2H3,(H3,15,16,17,18,19,20). The number of anilines is 3. The molecule has 0 saturated carbocycles. The third-order valence-electron chi connectivity index (χ3n) is 2.95. The van der Waals surface area contributed by atoms with Crippen LogP contribution in [0, 0.1) is 0 Å². The predicted molar refractivity (Wildman–Crippen MR) is 82.1 cm³/mol. The number of hydrogen-bond acceptors (Lipinski definition) is 6. The fourth-order valence-electron chi connectivity index (χ4n) is 2.00. The summed E-state index contributed by atoms with van der Waals surface area (Å²) < 4.78 is 5.22. The number of nitrogens with zero attached hydrogens (tertiary/aromatic N) is 3. The first-order chi connectivity index (χ1) is 10.3. The Morgan fingerprint density at radius 2 is 2.19 bits per heavy atom.